The predicted octanol–water partition coefficient (Wildman–Crippen LogP) is 4.00. The molecule has 0 aliphatic carbocycles. The summed E-state index contributed by atoms with van der Waals surface area (Å²) in [5.74, 6) is -1.12. The number of ether oxygens (including phenoxy) is 1. The summed E-state index contributed by atoms with van der Waals surface area (Å²) >= 11 is 1.86. The number of phosphoric acid groups is 1. The normalized spacial score (nSPS) is 12.0. The summed E-state index contributed by atoms with van der Waals surface area (Å²) in [6.07, 6.45) is -2.58. The largest absolute Gasteiger partial charge is 0.471 e. The summed E-state index contributed by atoms with van der Waals surface area (Å²) in [6.45, 7) is -0.990. The van der Waals surface area contributed by atoms with Crippen molar-refractivity contribution in [2.24, 2.45) is 0 Å². The third kappa shape index (κ3) is 6.17. The van der Waals surface area contributed by atoms with Crippen LogP contribution in [-0.4, -0.2) is 29.1 Å². The van der Waals surface area contributed by atoms with E-state index in [4.69, 9.17) is 19.8 Å². The SMILES string of the molecule is N#Cc1cc(I)cc(Oc2c(C(F)(F)F)ccn(Cc3nn(COP(=O)(O)O)c4ncccc34)c2=O)c1. The first-order chi connectivity index (χ1) is 17.4. The van der Waals surface area contributed by atoms with Gasteiger partial charge in [0, 0.05) is 21.4 Å². The predicted molar refractivity (Wildman–Crippen MR) is 129 cm³/mol. The lowest BCUT2D eigenvalue weighted by Gasteiger charge is -2.15. The zero-order valence-corrected chi connectivity index (χ0v) is 21.3. The van der Waals surface area contributed by atoms with Gasteiger partial charge in [0.1, 0.15) is 11.3 Å². The van der Waals surface area contributed by atoms with E-state index < -0.39 is 37.6 Å². The van der Waals surface area contributed by atoms with E-state index in [0.29, 0.717) is 15.0 Å². The number of benzene rings is 1. The molecule has 11 nitrogen and oxygen atoms in total. The standard InChI is InChI=1S/C21H14F3IN5O6P/c22-21(23,24)16-3-5-29(20(31)18(16)36-14-7-12(9-26)6-13(25)8-14)10-17-15-2-1-4-27-19(15)30(28-17)11-35-37(32,33)34/h1-8H,10-11H2,(H2,32,33,34). The minimum Gasteiger partial charge on any atom is -0.451 e. The highest BCUT2D eigenvalue weighted by molar-refractivity contribution is 14.1. The molecule has 192 valence electrons. The van der Waals surface area contributed by atoms with Gasteiger partial charge in [-0.1, -0.05) is 0 Å². The molecule has 0 aliphatic rings. The van der Waals surface area contributed by atoms with E-state index in [1.54, 1.807) is 12.1 Å². The van der Waals surface area contributed by atoms with Crippen molar-refractivity contribution in [2.75, 3.05) is 0 Å². The van der Waals surface area contributed by atoms with Crippen LogP contribution in [0.5, 0.6) is 11.5 Å². The van der Waals surface area contributed by atoms with Crippen LogP contribution in [-0.2, 0) is 28.5 Å². The molecule has 0 amide bonds. The van der Waals surface area contributed by atoms with Gasteiger partial charge in [0.15, 0.2) is 12.4 Å². The molecule has 0 bridgehead atoms. The fourth-order valence-corrected chi connectivity index (χ4v) is 4.28. The quantitative estimate of drug-likeness (QED) is 0.224. The number of pyridine rings is 2. The van der Waals surface area contributed by atoms with Crippen LogP contribution in [0, 0.1) is 14.9 Å². The molecule has 3 aromatic heterocycles. The van der Waals surface area contributed by atoms with E-state index >= 15 is 0 Å². The number of hydrogen-bond donors (Lipinski definition) is 2. The molecule has 0 spiro atoms. The molecule has 0 saturated heterocycles. The lowest BCUT2D eigenvalue weighted by atomic mass is 10.2. The average molecular weight is 647 g/mol. The second kappa shape index (κ2) is 10.2. The number of alkyl halides is 3. The third-order valence-electron chi connectivity index (χ3n) is 4.90. The lowest BCUT2D eigenvalue weighted by Crippen LogP contribution is -2.25. The Kier molecular flexibility index (Phi) is 7.40. The fourth-order valence-electron chi connectivity index (χ4n) is 3.38. The fraction of sp³-hybridized carbons (Fsp3) is 0.143. The van der Waals surface area contributed by atoms with Crippen molar-refractivity contribution in [3.8, 4) is 17.6 Å². The summed E-state index contributed by atoms with van der Waals surface area (Å²) in [6, 6.07) is 9.75. The van der Waals surface area contributed by atoms with Gasteiger partial charge in [-0.15, -0.1) is 0 Å². The highest BCUT2D eigenvalue weighted by Crippen LogP contribution is 2.37. The summed E-state index contributed by atoms with van der Waals surface area (Å²) in [5.41, 5.74) is -1.95. The molecular formula is C21H14F3IN5O6P. The minimum absolute atomic E-state index is 0.127. The van der Waals surface area contributed by atoms with Crippen molar-refractivity contribution in [3.63, 3.8) is 0 Å². The second-order valence-corrected chi connectivity index (χ2v) is 9.93. The van der Waals surface area contributed by atoms with Gasteiger partial charge in [-0.25, -0.2) is 14.2 Å². The molecule has 0 fully saturated rings. The van der Waals surface area contributed by atoms with E-state index in [0.717, 1.165) is 15.4 Å². The van der Waals surface area contributed by atoms with Crippen LogP contribution in [0.4, 0.5) is 13.2 Å². The van der Waals surface area contributed by atoms with Gasteiger partial charge in [-0.3, -0.25) is 9.32 Å². The van der Waals surface area contributed by atoms with E-state index in [9.17, 15) is 22.5 Å². The van der Waals surface area contributed by atoms with Gasteiger partial charge in [0.05, 0.1) is 23.9 Å². The van der Waals surface area contributed by atoms with Crippen molar-refractivity contribution in [1.82, 2.24) is 19.3 Å². The molecule has 3 heterocycles. The van der Waals surface area contributed by atoms with Gasteiger partial charge in [-0.05, 0) is 59.0 Å². The first kappa shape index (κ1) is 26.8. The second-order valence-electron chi connectivity index (χ2n) is 7.45. The van der Waals surface area contributed by atoms with Crippen LogP contribution >= 0.6 is 30.4 Å². The summed E-state index contributed by atoms with van der Waals surface area (Å²) < 4.78 is 64.6. The van der Waals surface area contributed by atoms with Gasteiger partial charge in [-0.2, -0.15) is 23.5 Å². The van der Waals surface area contributed by atoms with Gasteiger partial charge in [0.25, 0.3) is 5.56 Å². The number of phosphoric ester groups is 1. The highest BCUT2D eigenvalue weighted by atomic mass is 127. The van der Waals surface area contributed by atoms with E-state index in [-0.39, 0.29) is 29.2 Å². The maximum Gasteiger partial charge on any atom is 0.471 e. The molecular weight excluding hydrogens is 633 g/mol. The lowest BCUT2D eigenvalue weighted by molar-refractivity contribution is -0.138. The Labute approximate surface area is 219 Å². The molecule has 4 aromatic rings. The maximum atomic E-state index is 13.7. The zero-order chi connectivity index (χ0) is 27.0. The van der Waals surface area contributed by atoms with Gasteiger partial charge >= 0.3 is 14.0 Å². The number of halogens is 4. The van der Waals surface area contributed by atoms with Gasteiger partial charge in [0.2, 0.25) is 5.75 Å². The molecule has 0 radical (unpaired) electrons. The Morgan fingerprint density at radius 3 is 2.65 bits per heavy atom. The van der Waals surface area contributed by atoms with Crippen molar-refractivity contribution in [3.05, 3.63) is 79.5 Å². The Morgan fingerprint density at radius 2 is 1.97 bits per heavy atom. The highest BCUT2D eigenvalue weighted by Gasteiger charge is 2.36. The number of nitriles is 1. The number of hydrogen-bond acceptors (Lipinski definition) is 7. The average Bonchev–Trinajstić information content (AvgIpc) is 3.16. The van der Waals surface area contributed by atoms with Crippen LogP contribution in [0.1, 0.15) is 16.8 Å². The molecule has 0 unspecified atom stereocenters. The van der Waals surface area contributed by atoms with Crippen LogP contribution in [0.3, 0.4) is 0 Å². The number of aromatic nitrogens is 4. The Bertz CT molecular complexity index is 1640. The first-order valence-corrected chi connectivity index (χ1v) is 12.7. The van der Waals surface area contributed by atoms with Crippen molar-refractivity contribution in [2.45, 2.75) is 19.5 Å². The topological polar surface area (TPSA) is 152 Å². The maximum absolute atomic E-state index is 13.7. The minimum atomic E-state index is -4.91. The van der Waals surface area contributed by atoms with E-state index in [1.807, 2.05) is 28.7 Å². The number of fused-ring (bicyclic) bond motifs is 1. The molecule has 16 heteroatoms. The first-order valence-electron chi connectivity index (χ1n) is 10.1. The summed E-state index contributed by atoms with van der Waals surface area (Å²) in [7, 11) is -4.83. The van der Waals surface area contributed by atoms with Crippen molar-refractivity contribution < 1.29 is 36.8 Å². The molecule has 4 rings (SSSR count). The van der Waals surface area contributed by atoms with E-state index in [2.05, 4.69) is 14.6 Å². The van der Waals surface area contributed by atoms with Crippen molar-refractivity contribution >= 4 is 41.4 Å². The van der Waals surface area contributed by atoms with Crippen LogP contribution < -0.4 is 10.3 Å². The van der Waals surface area contributed by atoms with E-state index in [1.165, 1.54) is 24.4 Å². The molecule has 0 saturated carbocycles. The molecule has 0 aliphatic heterocycles. The number of nitrogens with zero attached hydrogens (tertiary/aromatic N) is 5. The van der Waals surface area contributed by atoms with Crippen LogP contribution in [0.2, 0.25) is 0 Å². The third-order valence-corrected chi connectivity index (χ3v) is 5.97. The Hall–Kier alpha value is -3.29. The molecule has 37 heavy (non-hydrogen) atoms. The monoisotopic (exact) mass is 647 g/mol. The molecule has 1 aromatic carbocycles. The summed E-state index contributed by atoms with van der Waals surface area (Å²) in [4.78, 5) is 35.2. The van der Waals surface area contributed by atoms with Crippen LogP contribution in [0.25, 0.3) is 11.0 Å². The Morgan fingerprint density at radius 1 is 1.22 bits per heavy atom. The van der Waals surface area contributed by atoms with Crippen molar-refractivity contribution in [1.29, 1.82) is 5.26 Å². The number of rotatable bonds is 7. The molecule has 2 N–H and O–H groups in total. The molecule has 0 atom stereocenters. The van der Waals surface area contributed by atoms with Crippen LogP contribution in [0.15, 0.2) is 53.6 Å². The zero-order valence-electron chi connectivity index (χ0n) is 18.3. The Balaban J connectivity index is 1.78. The smallest absolute Gasteiger partial charge is 0.451 e. The summed E-state index contributed by atoms with van der Waals surface area (Å²) in [5, 5.41) is 13.7. The van der Waals surface area contributed by atoms with Gasteiger partial charge < -0.3 is 19.1 Å².